The molecule has 0 unspecified atom stereocenters. The first kappa shape index (κ1) is 24.0. The van der Waals surface area contributed by atoms with Crippen LogP contribution in [0.4, 0.5) is 17.1 Å². The Balaban J connectivity index is 1.37. The predicted molar refractivity (Wildman–Crippen MR) is 145 cm³/mol. The largest absolute Gasteiger partial charge is 0.463 e. The monoisotopic (exact) mass is 461 g/mol. The Morgan fingerprint density at radius 2 is 1.37 bits per heavy atom. The second-order valence-electron chi connectivity index (χ2n) is 8.62. The molecule has 0 aliphatic heterocycles. The number of hydrogen-bond acceptors (Lipinski definition) is 3. The van der Waals surface area contributed by atoms with Crippen LogP contribution in [0.5, 0.6) is 0 Å². The zero-order valence-corrected chi connectivity index (χ0v) is 20.4. The van der Waals surface area contributed by atoms with Gasteiger partial charge < -0.3 is 9.64 Å². The molecule has 0 aliphatic carbocycles. The van der Waals surface area contributed by atoms with Crippen LogP contribution < -0.4 is 4.90 Å². The van der Waals surface area contributed by atoms with Crippen LogP contribution in [-0.2, 0) is 16.0 Å². The number of hydrogen-bond donors (Lipinski definition) is 0. The van der Waals surface area contributed by atoms with Crippen molar-refractivity contribution in [2.75, 3.05) is 11.5 Å². The number of carbonyl (C=O) groups is 1. The van der Waals surface area contributed by atoms with E-state index in [1.165, 1.54) is 22.8 Å². The summed E-state index contributed by atoms with van der Waals surface area (Å²) >= 11 is 0. The highest BCUT2D eigenvalue weighted by Gasteiger charge is 2.13. The lowest BCUT2D eigenvalue weighted by molar-refractivity contribution is -0.137. The van der Waals surface area contributed by atoms with E-state index < -0.39 is 0 Å². The minimum atomic E-state index is -0.309. The van der Waals surface area contributed by atoms with Crippen molar-refractivity contribution < 1.29 is 9.53 Å². The molecule has 0 bridgehead atoms. The normalized spacial score (nSPS) is 10.9. The third-order valence-electron chi connectivity index (χ3n) is 6.02. The van der Waals surface area contributed by atoms with Crippen molar-refractivity contribution in [2.24, 2.45) is 0 Å². The van der Waals surface area contributed by atoms with Gasteiger partial charge in [0.2, 0.25) is 0 Å². The molecule has 176 valence electrons. The number of ether oxygens (including phenoxy) is 1. The van der Waals surface area contributed by atoms with E-state index in [1.807, 2.05) is 36.4 Å². The Bertz CT molecular complexity index is 1260. The van der Waals surface area contributed by atoms with E-state index in [0.29, 0.717) is 6.61 Å². The molecule has 0 aliphatic rings. The summed E-state index contributed by atoms with van der Waals surface area (Å²) in [5.41, 5.74) is 8.14. The summed E-state index contributed by atoms with van der Waals surface area (Å²) < 4.78 is 5.35. The maximum absolute atomic E-state index is 11.9. The minimum absolute atomic E-state index is 0.309. The molecule has 0 saturated heterocycles. The molecule has 0 atom stereocenters. The van der Waals surface area contributed by atoms with Crippen molar-refractivity contribution in [2.45, 2.75) is 26.7 Å². The highest BCUT2D eigenvalue weighted by Crippen LogP contribution is 2.35. The minimum Gasteiger partial charge on any atom is -0.463 e. The lowest BCUT2D eigenvalue weighted by Gasteiger charge is -2.26. The van der Waals surface area contributed by atoms with E-state index in [1.54, 1.807) is 6.08 Å². The second kappa shape index (κ2) is 11.8. The van der Waals surface area contributed by atoms with Gasteiger partial charge in [-0.1, -0.05) is 66.7 Å². The van der Waals surface area contributed by atoms with Gasteiger partial charge >= 0.3 is 5.97 Å². The van der Waals surface area contributed by atoms with Gasteiger partial charge in [0.1, 0.15) is 0 Å². The molecule has 0 aromatic heterocycles. The number of nitrogens with zero attached hydrogens (tertiary/aromatic N) is 1. The summed E-state index contributed by atoms with van der Waals surface area (Å²) in [4.78, 5) is 14.2. The van der Waals surface area contributed by atoms with Gasteiger partial charge in [-0.3, -0.25) is 0 Å². The van der Waals surface area contributed by atoms with Crippen LogP contribution in [0.3, 0.4) is 0 Å². The van der Waals surface area contributed by atoms with Gasteiger partial charge in [0.25, 0.3) is 0 Å². The number of aryl methyl sites for hydroxylation is 3. The van der Waals surface area contributed by atoms with Gasteiger partial charge in [0.05, 0.1) is 6.61 Å². The third-order valence-corrected chi connectivity index (χ3v) is 6.02. The summed E-state index contributed by atoms with van der Waals surface area (Å²) in [5.74, 6) is -0.309. The van der Waals surface area contributed by atoms with Crippen LogP contribution in [-0.4, -0.2) is 12.6 Å². The molecule has 0 amide bonds. The fraction of sp³-hybridized carbons (Fsp3) is 0.156. The van der Waals surface area contributed by atoms with Crippen LogP contribution >= 0.6 is 0 Å². The molecule has 0 heterocycles. The zero-order chi connectivity index (χ0) is 24.5. The quantitative estimate of drug-likeness (QED) is 0.144. The SMILES string of the molecule is Cc1ccc(N(c2ccccc2)c2ccc(CCCOC(=O)/C=C/c3ccccc3)cc2)cc1C. The van der Waals surface area contributed by atoms with Crippen LogP contribution in [0.25, 0.3) is 6.08 Å². The molecule has 4 aromatic carbocycles. The van der Waals surface area contributed by atoms with E-state index in [4.69, 9.17) is 4.74 Å². The maximum Gasteiger partial charge on any atom is 0.330 e. The topological polar surface area (TPSA) is 29.5 Å². The van der Waals surface area contributed by atoms with Gasteiger partial charge in [-0.25, -0.2) is 4.79 Å². The average molecular weight is 462 g/mol. The number of anilines is 3. The summed E-state index contributed by atoms with van der Waals surface area (Å²) in [6.07, 6.45) is 4.89. The van der Waals surface area contributed by atoms with Crippen LogP contribution in [0.2, 0.25) is 0 Å². The Hall–Kier alpha value is -4.11. The molecule has 4 rings (SSSR count). The Kier molecular flexibility index (Phi) is 8.13. The molecular formula is C32H31NO2. The number of esters is 1. The Labute approximate surface area is 208 Å². The molecule has 4 aromatic rings. The van der Waals surface area contributed by atoms with Crippen molar-refractivity contribution in [3.8, 4) is 0 Å². The van der Waals surface area contributed by atoms with Crippen molar-refractivity contribution >= 4 is 29.1 Å². The molecule has 0 saturated carbocycles. The lowest BCUT2D eigenvalue weighted by atomic mass is 10.1. The zero-order valence-electron chi connectivity index (χ0n) is 20.4. The fourth-order valence-corrected chi connectivity index (χ4v) is 3.93. The van der Waals surface area contributed by atoms with Crippen LogP contribution in [0.15, 0.2) is 109 Å². The fourth-order valence-electron chi connectivity index (χ4n) is 3.93. The summed E-state index contributed by atoms with van der Waals surface area (Å²) in [6.45, 7) is 4.69. The molecule has 0 radical (unpaired) electrons. The molecule has 0 N–H and O–H groups in total. The van der Waals surface area contributed by atoms with Crippen molar-refractivity contribution in [1.82, 2.24) is 0 Å². The Morgan fingerprint density at radius 1 is 0.743 bits per heavy atom. The predicted octanol–water partition coefficient (Wildman–Crippen LogP) is 7.96. The summed E-state index contributed by atoms with van der Waals surface area (Å²) in [5, 5.41) is 0. The maximum atomic E-state index is 11.9. The van der Waals surface area contributed by atoms with Crippen molar-refractivity contribution in [1.29, 1.82) is 0 Å². The molecule has 3 heteroatoms. The number of para-hydroxylation sites is 1. The first-order valence-electron chi connectivity index (χ1n) is 12.0. The lowest BCUT2D eigenvalue weighted by Crippen LogP contribution is -2.10. The van der Waals surface area contributed by atoms with E-state index in [9.17, 15) is 4.79 Å². The van der Waals surface area contributed by atoms with Gasteiger partial charge in [-0.05, 0) is 91.4 Å². The van der Waals surface area contributed by atoms with Gasteiger partial charge in [0.15, 0.2) is 0 Å². The molecule has 0 fully saturated rings. The number of benzene rings is 4. The van der Waals surface area contributed by atoms with Gasteiger partial charge in [-0.2, -0.15) is 0 Å². The highest BCUT2D eigenvalue weighted by molar-refractivity contribution is 5.87. The van der Waals surface area contributed by atoms with Gasteiger partial charge in [0, 0.05) is 23.1 Å². The second-order valence-corrected chi connectivity index (χ2v) is 8.62. The van der Waals surface area contributed by atoms with E-state index in [2.05, 4.69) is 85.5 Å². The molecule has 0 spiro atoms. The molecule has 35 heavy (non-hydrogen) atoms. The van der Waals surface area contributed by atoms with E-state index in [0.717, 1.165) is 35.5 Å². The summed E-state index contributed by atoms with van der Waals surface area (Å²) in [7, 11) is 0. The average Bonchev–Trinajstić information content (AvgIpc) is 2.90. The summed E-state index contributed by atoms with van der Waals surface area (Å²) in [6, 6.07) is 35.4. The van der Waals surface area contributed by atoms with Crippen molar-refractivity contribution in [3.63, 3.8) is 0 Å². The standard InChI is InChI=1S/C32H31NO2/c1-25-15-19-31(24-26(25)2)33(29-13-7-4-8-14-29)30-20-16-28(17-21-30)12-9-23-35-32(34)22-18-27-10-5-3-6-11-27/h3-8,10-11,13-22,24H,9,12,23H2,1-2H3/b22-18+. The smallest absolute Gasteiger partial charge is 0.330 e. The first-order valence-corrected chi connectivity index (χ1v) is 12.0. The van der Waals surface area contributed by atoms with E-state index in [-0.39, 0.29) is 5.97 Å². The number of rotatable bonds is 9. The van der Waals surface area contributed by atoms with Gasteiger partial charge in [-0.15, -0.1) is 0 Å². The van der Waals surface area contributed by atoms with Crippen LogP contribution in [0, 0.1) is 13.8 Å². The van der Waals surface area contributed by atoms with Crippen molar-refractivity contribution in [3.05, 3.63) is 131 Å². The Morgan fingerprint density at radius 3 is 2.06 bits per heavy atom. The number of carbonyl (C=O) groups excluding carboxylic acids is 1. The highest BCUT2D eigenvalue weighted by atomic mass is 16.5. The van der Waals surface area contributed by atoms with E-state index >= 15 is 0 Å². The first-order chi connectivity index (χ1) is 17.1. The third kappa shape index (κ3) is 6.70. The molecular weight excluding hydrogens is 430 g/mol. The molecule has 3 nitrogen and oxygen atoms in total. The van der Waals surface area contributed by atoms with Crippen LogP contribution in [0.1, 0.15) is 28.7 Å².